The number of hydrogen-bond donors (Lipinski definition) is 3. The summed E-state index contributed by atoms with van der Waals surface area (Å²) in [6, 6.07) is 11.4. The molecule has 0 radical (unpaired) electrons. The van der Waals surface area contributed by atoms with Crippen molar-refractivity contribution in [2.24, 2.45) is 0 Å². The lowest BCUT2D eigenvalue weighted by atomic mass is 10.2. The lowest BCUT2D eigenvalue weighted by Gasteiger charge is -2.09. The molecule has 1 aromatic carbocycles. The SMILES string of the molecule is C=CCNC(=O)c1ccc(NC(=O)NCCCCn2ccccc2=O)cc1. The Bertz CT molecular complexity index is 828. The Morgan fingerprint density at radius 1 is 1.04 bits per heavy atom. The number of hydrogen-bond acceptors (Lipinski definition) is 3. The molecular weight excluding hydrogens is 344 g/mol. The van der Waals surface area contributed by atoms with Gasteiger partial charge in [0.05, 0.1) is 0 Å². The first-order valence-corrected chi connectivity index (χ1v) is 8.79. The van der Waals surface area contributed by atoms with E-state index in [4.69, 9.17) is 0 Å². The normalized spacial score (nSPS) is 10.1. The van der Waals surface area contributed by atoms with E-state index in [0.717, 1.165) is 12.8 Å². The molecule has 3 amide bonds. The molecule has 142 valence electrons. The number of urea groups is 1. The first-order valence-electron chi connectivity index (χ1n) is 8.79. The van der Waals surface area contributed by atoms with E-state index in [9.17, 15) is 14.4 Å². The van der Waals surface area contributed by atoms with Gasteiger partial charge in [0.2, 0.25) is 5.56 Å². The molecule has 0 aliphatic heterocycles. The molecule has 27 heavy (non-hydrogen) atoms. The molecule has 0 atom stereocenters. The Hall–Kier alpha value is -3.35. The van der Waals surface area contributed by atoms with Gasteiger partial charge in [-0.25, -0.2) is 4.79 Å². The van der Waals surface area contributed by atoms with Gasteiger partial charge in [0.15, 0.2) is 0 Å². The number of nitrogens with one attached hydrogen (secondary N) is 3. The summed E-state index contributed by atoms with van der Waals surface area (Å²) in [5.74, 6) is -0.191. The van der Waals surface area contributed by atoms with E-state index in [0.29, 0.717) is 30.9 Å². The van der Waals surface area contributed by atoms with E-state index in [-0.39, 0.29) is 17.5 Å². The van der Waals surface area contributed by atoms with Crippen LogP contribution >= 0.6 is 0 Å². The molecular formula is C20H24N4O3. The Kier molecular flexibility index (Phi) is 7.84. The lowest BCUT2D eigenvalue weighted by Crippen LogP contribution is -2.30. The van der Waals surface area contributed by atoms with Gasteiger partial charge >= 0.3 is 6.03 Å². The standard InChI is InChI=1S/C20H24N4O3/c1-2-12-21-19(26)16-8-10-17(11-9-16)23-20(27)22-13-4-6-15-24-14-5-3-7-18(24)25/h2-3,5,7-11,14H,1,4,6,12-13,15H2,(H,21,26)(H2,22,23,27). The quantitative estimate of drug-likeness (QED) is 0.469. The average molecular weight is 368 g/mol. The number of amides is 3. The fourth-order valence-corrected chi connectivity index (χ4v) is 2.40. The van der Waals surface area contributed by atoms with Crippen LogP contribution in [0.1, 0.15) is 23.2 Å². The van der Waals surface area contributed by atoms with Gasteiger partial charge < -0.3 is 20.5 Å². The molecule has 0 fully saturated rings. The van der Waals surface area contributed by atoms with Crippen molar-refractivity contribution in [3.8, 4) is 0 Å². The average Bonchev–Trinajstić information content (AvgIpc) is 2.67. The molecule has 1 aromatic heterocycles. The van der Waals surface area contributed by atoms with Crippen LogP contribution in [0.5, 0.6) is 0 Å². The van der Waals surface area contributed by atoms with Crippen LogP contribution in [0.4, 0.5) is 10.5 Å². The van der Waals surface area contributed by atoms with Gasteiger partial charge in [-0.05, 0) is 43.2 Å². The topological polar surface area (TPSA) is 92.2 Å². The van der Waals surface area contributed by atoms with Gasteiger partial charge in [-0.15, -0.1) is 6.58 Å². The van der Waals surface area contributed by atoms with Crippen LogP contribution in [0.3, 0.4) is 0 Å². The van der Waals surface area contributed by atoms with Crippen LogP contribution in [0.25, 0.3) is 0 Å². The second kappa shape index (κ2) is 10.6. The smallest absolute Gasteiger partial charge is 0.319 e. The van der Waals surface area contributed by atoms with Crippen molar-refractivity contribution in [3.63, 3.8) is 0 Å². The van der Waals surface area contributed by atoms with E-state index in [1.165, 1.54) is 6.07 Å². The third-order valence-electron chi connectivity index (χ3n) is 3.82. The molecule has 3 N–H and O–H groups in total. The highest BCUT2D eigenvalue weighted by molar-refractivity contribution is 5.95. The zero-order valence-corrected chi connectivity index (χ0v) is 15.1. The van der Waals surface area contributed by atoms with E-state index < -0.39 is 0 Å². The van der Waals surface area contributed by atoms with Crippen LogP contribution in [-0.2, 0) is 6.54 Å². The van der Waals surface area contributed by atoms with Gasteiger partial charge in [0, 0.05) is 43.1 Å². The van der Waals surface area contributed by atoms with Crippen LogP contribution < -0.4 is 21.5 Å². The van der Waals surface area contributed by atoms with E-state index in [1.54, 1.807) is 47.2 Å². The first kappa shape index (κ1) is 20.0. The number of aryl methyl sites for hydroxylation is 1. The van der Waals surface area contributed by atoms with Gasteiger partial charge in [-0.1, -0.05) is 12.1 Å². The highest BCUT2D eigenvalue weighted by atomic mass is 16.2. The maximum atomic E-state index is 11.9. The summed E-state index contributed by atoms with van der Waals surface area (Å²) in [7, 11) is 0. The summed E-state index contributed by atoms with van der Waals surface area (Å²) in [5, 5.41) is 8.17. The summed E-state index contributed by atoms with van der Waals surface area (Å²) in [6.45, 7) is 5.08. The minimum atomic E-state index is -0.310. The van der Waals surface area contributed by atoms with Crippen molar-refractivity contribution in [1.82, 2.24) is 15.2 Å². The largest absolute Gasteiger partial charge is 0.349 e. The van der Waals surface area contributed by atoms with Crippen molar-refractivity contribution >= 4 is 17.6 Å². The Balaban J connectivity index is 1.68. The third-order valence-corrected chi connectivity index (χ3v) is 3.82. The Morgan fingerprint density at radius 3 is 2.52 bits per heavy atom. The summed E-state index contributed by atoms with van der Waals surface area (Å²) >= 11 is 0. The first-order chi connectivity index (χ1) is 13.1. The van der Waals surface area contributed by atoms with E-state index >= 15 is 0 Å². The molecule has 0 unspecified atom stereocenters. The summed E-state index contributed by atoms with van der Waals surface area (Å²) in [5.41, 5.74) is 1.09. The zero-order chi connectivity index (χ0) is 19.5. The maximum absolute atomic E-state index is 11.9. The minimum absolute atomic E-state index is 0.0233. The molecule has 0 spiro atoms. The number of benzene rings is 1. The van der Waals surface area contributed by atoms with Crippen LogP contribution in [0.15, 0.2) is 66.1 Å². The number of pyridine rings is 1. The summed E-state index contributed by atoms with van der Waals surface area (Å²) in [6.07, 6.45) is 4.91. The van der Waals surface area contributed by atoms with Gasteiger partial charge in [-0.3, -0.25) is 9.59 Å². The fourth-order valence-electron chi connectivity index (χ4n) is 2.40. The molecule has 0 saturated carbocycles. The van der Waals surface area contributed by atoms with Crippen molar-refractivity contribution in [2.75, 3.05) is 18.4 Å². The van der Waals surface area contributed by atoms with Crippen LogP contribution in [0.2, 0.25) is 0 Å². The second-order valence-corrected chi connectivity index (χ2v) is 5.90. The minimum Gasteiger partial charge on any atom is -0.349 e. The summed E-state index contributed by atoms with van der Waals surface area (Å²) < 4.78 is 1.65. The number of carbonyl (C=O) groups excluding carboxylic acids is 2. The Labute approximate surface area is 158 Å². The zero-order valence-electron chi connectivity index (χ0n) is 15.1. The van der Waals surface area contributed by atoms with Gasteiger partial charge in [-0.2, -0.15) is 0 Å². The lowest BCUT2D eigenvalue weighted by molar-refractivity contribution is 0.0958. The van der Waals surface area contributed by atoms with Gasteiger partial charge in [0.25, 0.3) is 5.91 Å². The van der Waals surface area contributed by atoms with Crippen LogP contribution in [-0.4, -0.2) is 29.6 Å². The molecule has 0 saturated heterocycles. The van der Waals surface area contributed by atoms with E-state index in [2.05, 4.69) is 22.5 Å². The molecule has 7 heteroatoms. The summed E-state index contributed by atoms with van der Waals surface area (Å²) in [4.78, 5) is 35.2. The number of unbranched alkanes of at least 4 members (excludes halogenated alkanes) is 1. The highest BCUT2D eigenvalue weighted by Gasteiger charge is 2.05. The molecule has 0 aliphatic rings. The van der Waals surface area contributed by atoms with Crippen molar-refractivity contribution in [3.05, 3.63) is 77.2 Å². The highest BCUT2D eigenvalue weighted by Crippen LogP contribution is 2.09. The molecule has 2 aromatic rings. The predicted octanol–water partition coefficient (Wildman–Crippen LogP) is 2.37. The van der Waals surface area contributed by atoms with Crippen molar-refractivity contribution in [1.29, 1.82) is 0 Å². The maximum Gasteiger partial charge on any atom is 0.319 e. The van der Waals surface area contributed by atoms with E-state index in [1.807, 2.05) is 6.07 Å². The second-order valence-electron chi connectivity index (χ2n) is 5.90. The fraction of sp³-hybridized carbons (Fsp3) is 0.250. The monoisotopic (exact) mass is 368 g/mol. The number of aromatic nitrogens is 1. The number of anilines is 1. The number of rotatable bonds is 9. The predicted molar refractivity (Wildman–Crippen MR) is 106 cm³/mol. The van der Waals surface area contributed by atoms with Gasteiger partial charge in [0.1, 0.15) is 0 Å². The third kappa shape index (κ3) is 6.81. The van der Waals surface area contributed by atoms with Crippen molar-refractivity contribution in [2.45, 2.75) is 19.4 Å². The molecule has 7 nitrogen and oxygen atoms in total. The molecule has 2 rings (SSSR count). The number of nitrogens with zero attached hydrogens (tertiary/aromatic N) is 1. The Morgan fingerprint density at radius 2 is 1.81 bits per heavy atom. The number of carbonyl (C=O) groups is 2. The van der Waals surface area contributed by atoms with Crippen molar-refractivity contribution < 1.29 is 9.59 Å². The molecule has 1 heterocycles. The molecule has 0 bridgehead atoms. The van der Waals surface area contributed by atoms with Crippen LogP contribution in [0, 0.1) is 0 Å². The molecule has 0 aliphatic carbocycles.